The summed E-state index contributed by atoms with van der Waals surface area (Å²) in [6, 6.07) is 0. The van der Waals surface area contributed by atoms with Gasteiger partial charge in [-0.1, -0.05) is 22.6 Å². The van der Waals surface area contributed by atoms with E-state index in [1.54, 1.807) is 0 Å². The monoisotopic (exact) mass is 359 g/mol. The van der Waals surface area contributed by atoms with Gasteiger partial charge in [-0.25, -0.2) is 0 Å². The van der Waals surface area contributed by atoms with Gasteiger partial charge in [0.15, 0.2) is 5.11 Å². The summed E-state index contributed by atoms with van der Waals surface area (Å²) >= 11 is 7.59. The van der Waals surface area contributed by atoms with Crippen molar-refractivity contribution >= 4 is 45.6 Å². The first-order valence-corrected chi connectivity index (χ1v) is 8.12. The Bertz CT molecular complexity index is 476. The fourth-order valence-electron chi connectivity index (χ4n) is 6.49. The molecule has 6 fully saturated rings. The van der Waals surface area contributed by atoms with Gasteiger partial charge < -0.3 is 5.73 Å². The van der Waals surface area contributed by atoms with Crippen molar-refractivity contribution in [3.8, 4) is 0 Å². The fourth-order valence-corrected chi connectivity index (χ4v) is 8.48. The van der Waals surface area contributed by atoms with Gasteiger partial charge in [0, 0.05) is 21.5 Å². The smallest absolute Gasteiger partial charge is 0.184 e. The molecule has 3 N–H and O–H groups in total. The number of nitrogens with two attached hydrogens (primary N) is 1. The van der Waals surface area contributed by atoms with Crippen LogP contribution in [0.2, 0.25) is 0 Å². The van der Waals surface area contributed by atoms with E-state index in [9.17, 15) is 0 Å². The quantitative estimate of drug-likeness (QED) is 0.322. The molecule has 0 heterocycles. The maximum absolute atomic E-state index is 5.50. The Balaban J connectivity index is 1.62. The van der Waals surface area contributed by atoms with Gasteiger partial charge in [0.05, 0.1) is 0 Å². The number of halogens is 1. The van der Waals surface area contributed by atoms with Gasteiger partial charge in [-0.05, 0) is 54.1 Å². The summed E-state index contributed by atoms with van der Waals surface area (Å²) in [5.41, 5.74) is 9.78. The summed E-state index contributed by atoms with van der Waals surface area (Å²) in [5, 5.41) is 4.88. The third-order valence-electron chi connectivity index (χ3n) is 6.34. The second-order valence-electron chi connectivity index (χ2n) is 6.38. The van der Waals surface area contributed by atoms with E-state index in [-0.39, 0.29) is 0 Å². The SMILES string of the molecule is NC(=S)N/N=C1/[C@H]2[C@H]3[C@H](I)[C@H]4[C@H]5C[C@@H]([C@H]1[C@H]53)[C@H]24. The summed E-state index contributed by atoms with van der Waals surface area (Å²) < 4.78 is 0.921. The van der Waals surface area contributed by atoms with Crippen molar-refractivity contribution in [3.05, 3.63) is 0 Å². The highest BCUT2D eigenvalue weighted by Gasteiger charge is 2.82. The molecule has 3 nitrogen and oxygen atoms in total. The van der Waals surface area contributed by atoms with Crippen LogP contribution < -0.4 is 11.2 Å². The highest BCUT2D eigenvalue weighted by molar-refractivity contribution is 14.1. The van der Waals surface area contributed by atoms with Gasteiger partial charge in [0.25, 0.3) is 0 Å². The van der Waals surface area contributed by atoms with Crippen LogP contribution in [0.15, 0.2) is 5.10 Å². The number of hydrogen-bond acceptors (Lipinski definition) is 2. The molecule has 0 spiro atoms. The first-order valence-electron chi connectivity index (χ1n) is 6.47. The summed E-state index contributed by atoms with van der Waals surface area (Å²) in [5.74, 6) is 7.46. The molecule has 0 aromatic carbocycles. The lowest BCUT2D eigenvalue weighted by atomic mass is 9.71. The Morgan fingerprint density at radius 2 is 2.00 bits per heavy atom. The average molecular weight is 359 g/mol. The zero-order valence-electron chi connectivity index (χ0n) is 9.21. The molecule has 0 aromatic rings. The molecule has 17 heavy (non-hydrogen) atoms. The molecule has 9 atom stereocenters. The van der Waals surface area contributed by atoms with Gasteiger partial charge in [-0.15, -0.1) is 0 Å². The van der Waals surface area contributed by atoms with Crippen LogP contribution in [0.1, 0.15) is 6.42 Å². The first kappa shape index (κ1) is 9.95. The third kappa shape index (κ3) is 0.856. The van der Waals surface area contributed by atoms with Crippen LogP contribution in [-0.2, 0) is 0 Å². The molecular weight excluding hydrogens is 345 g/mol. The van der Waals surface area contributed by atoms with Gasteiger partial charge in [0.1, 0.15) is 0 Å². The van der Waals surface area contributed by atoms with E-state index < -0.39 is 0 Å². The maximum Gasteiger partial charge on any atom is 0.184 e. The van der Waals surface area contributed by atoms with Gasteiger partial charge in [-0.2, -0.15) is 5.10 Å². The molecule has 0 radical (unpaired) electrons. The minimum Gasteiger partial charge on any atom is -0.375 e. The highest BCUT2D eigenvalue weighted by Crippen LogP contribution is 2.82. The van der Waals surface area contributed by atoms with Crippen molar-refractivity contribution in [2.75, 3.05) is 0 Å². The first-order chi connectivity index (χ1) is 8.20. The van der Waals surface area contributed by atoms with Crippen LogP contribution >= 0.6 is 34.8 Å². The van der Waals surface area contributed by atoms with Gasteiger partial charge >= 0.3 is 0 Å². The maximum atomic E-state index is 5.50. The number of nitrogens with zero attached hydrogens (tertiary/aromatic N) is 1. The predicted molar refractivity (Wildman–Crippen MR) is 77.7 cm³/mol. The lowest BCUT2D eigenvalue weighted by Crippen LogP contribution is -2.30. The van der Waals surface area contributed by atoms with Crippen molar-refractivity contribution < 1.29 is 0 Å². The molecule has 0 aromatic heterocycles. The van der Waals surface area contributed by atoms with Crippen molar-refractivity contribution in [1.82, 2.24) is 5.43 Å². The van der Waals surface area contributed by atoms with Crippen LogP contribution in [0, 0.1) is 47.3 Å². The second kappa shape index (κ2) is 2.81. The van der Waals surface area contributed by atoms with E-state index in [1.807, 2.05) is 0 Å². The van der Waals surface area contributed by atoms with Crippen molar-refractivity contribution in [2.45, 2.75) is 10.3 Å². The van der Waals surface area contributed by atoms with E-state index in [0.717, 1.165) is 51.3 Å². The topological polar surface area (TPSA) is 50.4 Å². The molecule has 6 aliphatic rings. The largest absolute Gasteiger partial charge is 0.375 e. The summed E-state index contributed by atoms with van der Waals surface area (Å²) in [6.07, 6.45) is 1.49. The molecule has 0 unspecified atom stereocenters. The molecule has 6 bridgehead atoms. The van der Waals surface area contributed by atoms with Crippen LogP contribution in [0.3, 0.4) is 0 Å². The second-order valence-corrected chi connectivity index (χ2v) is 8.26. The zero-order valence-corrected chi connectivity index (χ0v) is 12.2. The number of thiocarbonyl (C=S) groups is 1. The Labute approximate surface area is 119 Å². The molecule has 0 aliphatic heterocycles. The number of rotatable bonds is 1. The lowest BCUT2D eigenvalue weighted by Gasteiger charge is -2.32. The zero-order chi connectivity index (χ0) is 11.5. The summed E-state index contributed by atoms with van der Waals surface area (Å²) in [7, 11) is 0. The van der Waals surface area contributed by atoms with Crippen LogP contribution in [0.25, 0.3) is 0 Å². The molecule has 6 rings (SSSR count). The average Bonchev–Trinajstić information content (AvgIpc) is 2.97. The number of hydrogen-bond donors (Lipinski definition) is 2. The van der Waals surface area contributed by atoms with E-state index in [0.29, 0.717) is 5.11 Å². The molecule has 90 valence electrons. The lowest BCUT2D eigenvalue weighted by molar-refractivity contribution is 0.132. The van der Waals surface area contributed by atoms with Crippen molar-refractivity contribution in [1.29, 1.82) is 0 Å². The van der Waals surface area contributed by atoms with Crippen molar-refractivity contribution in [2.24, 2.45) is 58.2 Å². The highest BCUT2D eigenvalue weighted by atomic mass is 127. The Kier molecular flexibility index (Phi) is 1.65. The Morgan fingerprint density at radius 3 is 2.71 bits per heavy atom. The minimum absolute atomic E-state index is 0.307. The standard InChI is InChI=1S/C12H14IN3S/c13-10-6-2-1-3-4(6)9-8(10)5(2)7(3)11(9)15-16-12(14)17/h2-10H,1H2,(H3,14,16,17)/b15-11+/t2-,3+,4-,5-,6-,7-,8-,9+,10+/m0/s1. The van der Waals surface area contributed by atoms with E-state index in [2.05, 4.69) is 33.1 Å². The predicted octanol–water partition coefficient (Wildman–Crippen LogP) is 1.37. The molecule has 0 saturated heterocycles. The third-order valence-corrected chi connectivity index (χ3v) is 8.09. The molecule has 5 heteroatoms. The summed E-state index contributed by atoms with van der Waals surface area (Å²) in [4.78, 5) is 0. The number of hydrazone groups is 1. The van der Waals surface area contributed by atoms with E-state index in [1.165, 1.54) is 12.1 Å². The molecule has 0 amide bonds. The van der Waals surface area contributed by atoms with Crippen LogP contribution in [0.5, 0.6) is 0 Å². The van der Waals surface area contributed by atoms with Gasteiger partial charge in [0.2, 0.25) is 0 Å². The van der Waals surface area contributed by atoms with E-state index in [4.69, 9.17) is 18.0 Å². The number of nitrogens with one attached hydrogen (secondary N) is 1. The van der Waals surface area contributed by atoms with Crippen LogP contribution in [-0.4, -0.2) is 14.7 Å². The molecular formula is C12H14IN3S. The summed E-state index contributed by atoms with van der Waals surface area (Å²) in [6.45, 7) is 0. The Morgan fingerprint density at radius 1 is 1.24 bits per heavy atom. The minimum atomic E-state index is 0.307. The molecule has 6 aliphatic carbocycles. The van der Waals surface area contributed by atoms with Gasteiger partial charge in [-0.3, -0.25) is 5.43 Å². The fraction of sp³-hybridized carbons (Fsp3) is 0.833. The van der Waals surface area contributed by atoms with E-state index >= 15 is 0 Å². The number of alkyl halides is 1. The Hall–Kier alpha value is 0.0900. The molecule has 6 saturated carbocycles. The van der Waals surface area contributed by atoms with Crippen LogP contribution in [0.4, 0.5) is 0 Å². The normalized spacial score (nSPS) is 65.7. The van der Waals surface area contributed by atoms with Crippen molar-refractivity contribution in [3.63, 3.8) is 0 Å².